The second-order valence-corrected chi connectivity index (χ2v) is 3.89. The van der Waals surface area contributed by atoms with Gasteiger partial charge in [-0.15, -0.1) is 0 Å². The number of pyridine rings is 1. The van der Waals surface area contributed by atoms with E-state index in [-0.39, 0.29) is 0 Å². The van der Waals surface area contributed by atoms with Crippen molar-refractivity contribution < 1.29 is 0 Å². The predicted molar refractivity (Wildman–Crippen MR) is 62.1 cm³/mol. The molecule has 0 bridgehead atoms. The summed E-state index contributed by atoms with van der Waals surface area (Å²) in [7, 11) is 1.92. The fourth-order valence-electron chi connectivity index (χ4n) is 1.92. The minimum atomic E-state index is 0.959. The maximum atomic E-state index is 4.57. The van der Waals surface area contributed by atoms with Crippen molar-refractivity contribution in [1.29, 1.82) is 0 Å². The van der Waals surface area contributed by atoms with Gasteiger partial charge in [-0.2, -0.15) is 5.10 Å². The molecule has 0 saturated carbocycles. The van der Waals surface area contributed by atoms with Gasteiger partial charge in [-0.25, -0.2) is 4.98 Å². The molecule has 16 heavy (non-hydrogen) atoms. The summed E-state index contributed by atoms with van der Waals surface area (Å²) in [5, 5.41) is 4.33. The Hall–Kier alpha value is -2.10. The Morgan fingerprint density at radius 1 is 1.19 bits per heavy atom. The first-order chi connectivity index (χ1) is 7.74. The van der Waals surface area contributed by atoms with Crippen molar-refractivity contribution in [2.75, 3.05) is 0 Å². The van der Waals surface area contributed by atoms with Crippen molar-refractivity contribution in [2.45, 2.75) is 6.92 Å². The second-order valence-electron chi connectivity index (χ2n) is 3.89. The molecule has 0 aliphatic carbocycles. The smallest absolute Gasteiger partial charge is 0.137 e. The number of imidazole rings is 1. The van der Waals surface area contributed by atoms with Crippen LogP contribution in [-0.4, -0.2) is 19.2 Å². The molecule has 3 aromatic rings. The van der Waals surface area contributed by atoms with Crippen LogP contribution >= 0.6 is 0 Å². The lowest BCUT2D eigenvalue weighted by Crippen LogP contribution is -1.86. The summed E-state index contributed by atoms with van der Waals surface area (Å²) < 4.78 is 3.83. The summed E-state index contributed by atoms with van der Waals surface area (Å²) in [6, 6.07) is 5.98. The zero-order chi connectivity index (χ0) is 11.1. The standard InChI is InChI=1S/C12H12N4/c1-9-10(7-15(2)14-9)11-8-16-6-4-3-5-12(16)13-11/h3-8H,1-2H3. The van der Waals surface area contributed by atoms with Crippen LogP contribution in [-0.2, 0) is 7.05 Å². The lowest BCUT2D eigenvalue weighted by molar-refractivity contribution is 0.756. The topological polar surface area (TPSA) is 35.1 Å². The van der Waals surface area contributed by atoms with Crippen LogP contribution in [0.1, 0.15) is 5.69 Å². The van der Waals surface area contributed by atoms with Gasteiger partial charge in [0.15, 0.2) is 0 Å². The maximum absolute atomic E-state index is 4.57. The molecular formula is C12H12N4. The van der Waals surface area contributed by atoms with Crippen molar-refractivity contribution in [3.05, 3.63) is 42.5 Å². The van der Waals surface area contributed by atoms with Gasteiger partial charge in [0, 0.05) is 31.2 Å². The first-order valence-corrected chi connectivity index (χ1v) is 5.18. The Kier molecular flexibility index (Phi) is 1.83. The second kappa shape index (κ2) is 3.20. The van der Waals surface area contributed by atoms with E-state index >= 15 is 0 Å². The summed E-state index contributed by atoms with van der Waals surface area (Å²) in [6.45, 7) is 2.00. The number of nitrogens with zero attached hydrogens (tertiary/aromatic N) is 4. The summed E-state index contributed by atoms with van der Waals surface area (Å²) in [5.41, 5.74) is 4.02. The van der Waals surface area contributed by atoms with Crippen LogP contribution in [0.4, 0.5) is 0 Å². The minimum Gasteiger partial charge on any atom is -0.306 e. The van der Waals surface area contributed by atoms with Gasteiger partial charge >= 0.3 is 0 Å². The number of aryl methyl sites for hydroxylation is 2. The Morgan fingerprint density at radius 2 is 2.06 bits per heavy atom. The molecule has 0 N–H and O–H groups in total. The van der Waals surface area contributed by atoms with Crippen molar-refractivity contribution in [2.24, 2.45) is 7.05 Å². The lowest BCUT2D eigenvalue weighted by atomic mass is 10.2. The molecule has 3 heterocycles. The third-order valence-corrected chi connectivity index (χ3v) is 2.65. The molecule has 0 radical (unpaired) electrons. The van der Waals surface area contributed by atoms with Gasteiger partial charge < -0.3 is 4.40 Å². The van der Waals surface area contributed by atoms with E-state index in [2.05, 4.69) is 10.1 Å². The fourth-order valence-corrected chi connectivity index (χ4v) is 1.92. The summed E-state index contributed by atoms with van der Waals surface area (Å²) >= 11 is 0. The van der Waals surface area contributed by atoms with E-state index in [0.29, 0.717) is 0 Å². The Morgan fingerprint density at radius 3 is 2.75 bits per heavy atom. The van der Waals surface area contributed by atoms with Crippen LogP contribution in [0.2, 0.25) is 0 Å². The average molecular weight is 212 g/mol. The highest BCUT2D eigenvalue weighted by Crippen LogP contribution is 2.21. The normalized spacial score (nSPS) is 11.1. The average Bonchev–Trinajstić information content (AvgIpc) is 2.81. The van der Waals surface area contributed by atoms with Crippen LogP contribution in [0.25, 0.3) is 16.9 Å². The Bertz CT molecular complexity index is 615. The quantitative estimate of drug-likeness (QED) is 0.618. The van der Waals surface area contributed by atoms with Gasteiger partial charge in [0.05, 0.1) is 11.4 Å². The van der Waals surface area contributed by atoms with E-state index in [1.807, 2.05) is 59.8 Å². The molecule has 0 aliphatic heterocycles. The van der Waals surface area contributed by atoms with Crippen LogP contribution < -0.4 is 0 Å². The lowest BCUT2D eigenvalue weighted by Gasteiger charge is -1.89. The minimum absolute atomic E-state index is 0.959. The highest BCUT2D eigenvalue weighted by Gasteiger charge is 2.09. The van der Waals surface area contributed by atoms with Crippen molar-refractivity contribution in [3.8, 4) is 11.3 Å². The molecule has 0 atom stereocenters. The third-order valence-electron chi connectivity index (χ3n) is 2.65. The molecule has 0 aromatic carbocycles. The molecular weight excluding hydrogens is 200 g/mol. The molecule has 0 unspecified atom stereocenters. The van der Waals surface area contributed by atoms with Gasteiger partial charge in [0.2, 0.25) is 0 Å². The Labute approximate surface area is 93.2 Å². The number of hydrogen-bond donors (Lipinski definition) is 0. The van der Waals surface area contributed by atoms with Crippen LogP contribution in [0, 0.1) is 6.92 Å². The van der Waals surface area contributed by atoms with Crippen LogP contribution in [0.15, 0.2) is 36.8 Å². The molecule has 4 nitrogen and oxygen atoms in total. The fraction of sp³-hybridized carbons (Fsp3) is 0.167. The first-order valence-electron chi connectivity index (χ1n) is 5.18. The number of fused-ring (bicyclic) bond motifs is 1. The third kappa shape index (κ3) is 1.31. The van der Waals surface area contributed by atoms with E-state index < -0.39 is 0 Å². The van der Waals surface area contributed by atoms with Gasteiger partial charge in [-0.05, 0) is 19.1 Å². The molecule has 4 heteroatoms. The van der Waals surface area contributed by atoms with Crippen molar-refractivity contribution in [3.63, 3.8) is 0 Å². The molecule has 0 amide bonds. The highest BCUT2D eigenvalue weighted by molar-refractivity contribution is 5.63. The number of aromatic nitrogens is 4. The first kappa shape index (κ1) is 9.15. The molecule has 0 fully saturated rings. The zero-order valence-electron chi connectivity index (χ0n) is 9.25. The molecule has 0 spiro atoms. The largest absolute Gasteiger partial charge is 0.306 e. The predicted octanol–water partition coefficient (Wildman–Crippen LogP) is 2.04. The molecule has 3 rings (SSSR count). The molecule has 80 valence electrons. The van der Waals surface area contributed by atoms with Crippen molar-refractivity contribution >= 4 is 5.65 Å². The van der Waals surface area contributed by atoms with Crippen LogP contribution in [0.3, 0.4) is 0 Å². The molecule has 3 aromatic heterocycles. The van der Waals surface area contributed by atoms with E-state index in [4.69, 9.17) is 0 Å². The van der Waals surface area contributed by atoms with Gasteiger partial charge in [0.1, 0.15) is 5.65 Å². The molecule has 0 aliphatic rings. The monoisotopic (exact) mass is 212 g/mol. The van der Waals surface area contributed by atoms with Crippen molar-refractivity contribution in [1.82, 2.24) is 19.2 Å². The van der Waals surface area contributed by atoms with Crippen LogP contribution in [0.5, 0.6) is 0 Å². The summed E-state index contributed by atoms with van der Waals surface area (Å²) in [6.07, 6.45) is 6.02. The zero-order valence-corrected chi connectivity index (χ0v) is 9.25. The summed E-state index contributed by atoms with van der Waals surface area (Å²) in [4.78, 5) is 4.57. The number of hydrogen-bond acceptors (Lipinski definition) is 2. The maximum Gasteiger partial charge on any atom is 0.137 e. The van der Waals surface area contributed by atoms with Gasteiger partial charge in [-0.1, -0.05) is 6.07 Å². The number of rotatable bonds is 1. The summed E-state index contributed by atoms with van der Waals surface area (Å²) in [5.74, 6) is 0. The molecule has 0 saturated heterocycles. The SMILES string of the molecule is Cc1nn(C)cc1-c1cn2ccccc2n1. The highest BCUT2D eigenvalue weighted by atomic mass is 15.2. The van der Waals surface area contributed by atoms with E-state index in [9.17, 15) is 0 Å². The van der Waals surface area contributed by atoms with E-state index in [1.54, 1.807) is 0 Å². The van der Waals surface area contributed by atoms with Gasteiger partial charge in [-0.3, -0.25) is 4.68 Å². The Balaban J connectivity index is 2.22. The van der Waals surface area contributed by atoms with E-state index in [0.717, 1.165) is 22.6 Å². The van der Waals surface area contributed by atoms with E-state index in [1.165, 1.54) is 0 Å². The van der Waals surface area contributed by atoms with Gasteiger partial charge in [0.25, 0.3) is 0 Å².